The van der Waals surface area contributed by atoms with Gasteiger partial charge < -0.3 is 20.1 Å². The van der Waals surface area contributed by atoms with Crippen LogP contribution in [0, 0.1) is 6.92 Å². The molecule has 1 amide bonds. The lowest BCUT2D eigenvalue weighted by Crippen LogP contribution is -2.12. The van der Waals surface area contributed by atoms with Gasteiger partial charge in [-0.3, -0.25) is 4.79 Å². The number of ether oxygens (including phenoxy) is 2. The summed E-state index contributed by atoms with van der Waals surface area (Å²) in [6.45, 7) is 4.39. The molecule has 4 rings (SSSR count). The van der Waals surface area contributed by atoms with Crippen LogP contribution in [-0.2, 0) is 6.42 Å². The molecule has 1 aromatic heterocycles. The summed E-state index contributed by atoms with van der Waals surface area (Å²) in [6.07, 6.45) is 2.49. The highest BCUT2D eigenvalue weighted by atomic mass is 16.7. The van der Waals surface area contributed by atoms with E-state index in [1.165, 1.54) is 5.56 Å². The van der Waals surface area contributed by atoms with Crippen molar-refractivity contribution in [1.29, 1.82) is 0 Å². The Hall–Kier alpha value is -3.54. The maximum Gasteiger partial charge on any atom is 0.257 e. The summed E-state index contributed by atoms with van der Waals surface area (Å²) in [7, 11) is 0. The first-order valence-corrected chi connectivity index (χ1v) is 9.16. The number of rotatable bonds is 5. The van der Waals surface area contributed by atoms with Gasteiger partial charge >= 0.3 is 0 Å². The third-order valence-corrected chi connectivity index (χ3v) is 4.65. The van der Waals surface area contributed by atoms with Crippen molar-refractivity contribution in [3.05, 3.63) is 71.4 Å². The zero-order valence-corrected chi connectivity index (χ0v) is 15.8. The number of pyridine rings is 1. The number of aryl methyl sites for hydroxylation is 2. The number of para-hydroxylation sites is 1. The first kappa shape index (κ1) is 17.9. The zero-order valence-electron chi connectivity index (χ0n) is 15.8. The maximum atomic E-state index is 12.5. The monoisotopic (exact) mass is 375 g/mol. The number of benzene rings is 2. The summed E-state index contributed by atoms with van der Waals surface area (Å²) in [5.41, 5.74) is 4.57. The summed E-state index contributed by atoms with van der Waals surface area (Å²) in [5.74, 6) is 1.77. The van der Waals surface area contributed by atoms with Gasteiger partial charge in [0, 0.05) is 23.6 Å². The van der Waals surface area contributed by atoms with E-state index in [-0.39, 0.29) is 12.7 Å². The molecule has 0 saturated heterocycles. The Morgan fingerprint density at radius 3 is 2.75 bits per heavy atom. The molecule has 6 nitrogen and oxygen atoms in total. The number of anilines is 3. The summed E-state index contributed by atoms with van der Waals surface area (Å²) < 4.78 is 10.6. The van der Waals surface area contributed by atoms with Crippen molar-refractivity contribution >= 4 is 23.1 Å². The van der Waals surface area contributed by atoms with Crippen molar-refractivity contribution < 1.29 is 14.3 Å². The number of amides is 1. The van der Waals surface area contributed by atoms with Crippen LogP contribution in [0.5, 0.6) is 11.5 Å². The molecule has 0 aliphatic carbocycles. The largest absolute Gasteiger partial charge is 0.454 e. The second-order valence-corrected chi connectivity index (χ2v) is 6.54. The van der Waals surface area contributed by atoms with Gasteiger partial charge in [-0.05, 0) is 48.7 Å². The molecule has 1 aliphatic rings. The van der Waals surface area contributed by atoms with Crippen molar-refractivity contribution in [2.45, 2.75) is 20.3 Å². The number of carbonyl (C=O) groups excluding carboxylic acids is 1. The van der Waals surface area contributed by atoms with Crippen molar-refractivity contribution in [1.82, 2.24) is 4.98 Å². The molecular weight excluding hydrogens is 354 g/mol. The lowest BCUT2D eigenvalue weighted by atomic mass is 10.1. The molecule has 6 heteroatoms. The summed E-state index contributed by atoms with van der Waals surface area (Å²) in [5, 5.41) is 6.21. The van der Waals surface area contributed by atoms with Crippen LogP contribution in [0.2, 0.25) is 0 Å². The number of nitrogens with zero attached hydrogens (tertiary/aromatic N) is 1. The highest BCUT2D eigenvalue weighted by molar-refractivity contribution is 6.04. The van der Waals surface area contributed by atoms with Gasteiger partial charge in [0.15, 0.2) is 11.5 Å². The van der Waals surface area contributed by atoms with Crippen molar-refractivity contribution in [2.24, 2.45) is 0 Å². The van der Waals surface area contributed by atoms with Crippen molar-refractivity contribution in [3.8, 4) is 11.5 Å². The molecule has 2 heterocycles. The summed E-state index contributed by atoms with van der Waals surface area (Å²) >= 11 is 0. The quantitative estimate of drug-likeness (QED) is 0.678. The van der Waals surface area contributed by atoms with Gasteiger partial charge in [-0.25, -0.2) is 4.98 Å². The Balaban J connectivity index is 1.46. The Kier molecular flexibility index (Phi) is 4.85. The Morgan fingerprint density at radius 1 is 1.11 bits per heavy atom. The maximum absolute atomic E-state index is 12.5. The van der Waals surface area contributed by atoms with Crippen LogP contribution in [-0.4, -0.2) is 17.7 Å². The molecule has 1 aliphatic heterocycles. The van der Waals surface area contributed by atoms with Gasteiger partial charge in [0.25, 0.3) is 5.91 Å². The number of fused-ring (bicyclic) bond motifs is 1. The average molecular weight is 375 g/mol. The van der Waals surface area contributed by atoms with Crippen LogP contribution in [0.3, 0.4) is 0 Å². The minimum Gasteiger partial charge on any atom is -0.454 e. The zero-order chi connectivity index (χ0) is 19.5. The molecule has 2 N–H and O–H groups in total. The Bertz CT molecular complexity index is 1020. The average Bonchev–Trinajstić information content (AvgIpc) is 3.18. The second-order valence-electron chi connectivity index (χ2n) is 6.54. The molecule has 142 valence electrons. The molecule has 0 bridgehead atoms. The topological polar surface area (TPSA) is 72.5 Å². The van der Waals surface area contributed by atoms with Crippen LogP contribution in [0.15, 0.2) is 54.7 Å². The minimum absolute atomic E-state index is 0.200. The van der Waals surface area contributed by atoms with E-state index in [1.807, 2.05) is 0 Å². The normalized spacial score (nSPS) is 11.9. The predicted molar refractivity (Wildman–Crippen MR) is 109 cm³/mol. The van der Waals surface area contributed by atoms with E-state index in [9.17, 15) is 4.79 Å². The van der Waals surface area contributed by atoms with Gasteiger partial charge in [0.2, 0.25) is 6.79 Å². The molecule has 0 radical (unpaired) electrons. The number of hydrogen-bond donors (Lipinski definition) is 2. The van der Waals surface area contributed by atoms with Crippen LogP contribution in [0.4, 0.5) is 17.2 Å². The van der Waals surface area contributed by atoms with Gasteiger partial charge in [-0.1, -0.05) is 25.1 Å². The van der Waals surface area contributed by atoms with Crippen LogP contribution < -0.4 is 20.1 Å². The number of carbonyl (C=O) groups is 1. The first-order valence-electron chi connectivity index (χ1n) is 9.16. The molecular formula is C22H21N3O3. The van der Waals surface area contributed by atoms with E-state index in [0.29, 0.717) is 28.6 Å². The molecule has 0 atom stereocenters. The summed E-state index contributed by atoms with van der Waals surface area (Å²) in [4.78, 5) is 16.9. The van der Waals surface area contributed by atoms with Gasteiger partial charge in [-0.15, -0.1) is 0 Å². The Morgan fingerprint density at radius 2 is 1.96 bits per heavy atom. The SMILES string of the molecule is CCc1cccc(C)c1Nc1ccc(C(=O)Nc2ccc3c(c2)OCO3)cn1. The second kappa shape index (κ2) is 7.60. The lowest BCUT2D eigenvalue weighted by Gasteiger charge is -2.13. The fourth-order valence-electron chi connectivity index (χ4n) is 3.11. The molecule has 0 spiro atoms. The van der Waals surface area contributed by atoms with E-state index >= 15 is 0 Å². The molecule has 3 aromatic rings. The molecule has 2 aromatic carbocycles. The Labute approximate surface area is 163 Å². The third-order valence-electron chi connectivity index (χ3n) is 4.65. The summed E-state index contributed by atoms with van der Waals surface area (Å²) in [6, 6.07) is 15.1. The van der Waals surface area contributed by atoms with Crippen molar-refractivity contribution in [3.63, 3.8) is 0 Å². The highest BCUT2D eigenvalue weighted by Gasteiger charge is 2.15. The smallest absolute Gasteiger partial charge is 0.257 e. The van der Waals surface area contributed by atoms with E-state index in [0.717, 1.165) is 17.7 Å². The van der Waals surface area contributed by atoms with Gasteiger partial charge in [-0.2, -0.15) is 0 Å². The fourth-order valence-corrected chi connectivity index (χ4v) is 3.11. The number of hydrogen-bond acceptors (Lipinski definition) is 5. The van der Waals surface area contributed by atoms with Crippen LogP contribution >= 0.6 is 0 Å². The van der Waals surface area contributed by atoms with E-state index in [4.69, 9.17) is 9.47 Å². The molecule has 0 fully saturated rings. The molecule has 28 heavy (non-hydrogen) atoms. The fraction of sp³-hybridized carbons (Fsp3) is 0.182. The van der Waals surface area contributed by atoms with E-state index < -0.39 is 0 Å². The number of aromatic nitrogens is 1. The predicted octanol–water partition coefficient (Wildman–Crippen LogP) is 4.68. The van der Waals surface area contributed by atoms with Gasteiger partial charge in [0.05, 0.1) is 5.56 Å². The number of nitrogens with one attached hydrogen (secondary N) is 2. The minimum atomic E-state index is -0.233. The first-order chi connectivity index (χ1) is 13.6. The lowest BCUT2D eigenvalue weighted by molar-refractivity contribution is 0.102. The van der Waals surface area contributed by atoms with Gasteiger partial charge in [0.1, 0.15) is 5.82 Å². The molecule has 0 saturated carbocycles. The standard InChI is InChI=1S/C22H21N3O3/c1-3-15-6-4-5-14(2)21(15)25-20-10-7-16(12-23-20)22(26)24-17-8-9-18-19(11-17)28-13-27-18/h4-12H,3,13H2,1-2H3,(H,23,25)(H,24,26). The van der Waals surface area contributed by atoms with Crippen LogP contribution in [0.1, 0.15) is 28.4 Å². The highest BCUT2D eigenvalue weighted by Crippen LogP contribution is 2.34. The third kappa shape index (κ3) is 3.62. The molecule has 0 unspecified atom stereocenters. The van der Waals surface area contributed by atoms with Crippen LogP contribution in [0.25, 0.3) is 0 Å². The van der Waals surface area contributed by atoms with E-state index in [1.54, 1.807) is 36.5 Å². The van der Waals surface area contributed by atoms with E-state index in [2.05, 4.69) is 47.7 Å². The van der Waals surface area contributed by atoms with Crippen molar-refractivity contribution in [2.75, 3.05) is 17.4 Å².